The highest BCUT2D eigenvalue weighted by Crippen LogP contribution is 2.11. The standard InChI is InChI=1S/C9H8N4O2/c14-8(15)6-13-11-9(10-12-13)7-4-2-1-3-5-7/h1-5H,6H2,(H,14,15). The Morgan fingerprint density at radius 2 is 2.07 bits per heavy atom. The van der Waals surface area contributed by atoms with Crippen LogP contribution in [0.4, 0.5) is 0 Å². The van der Waals surface area contributed by atoms with Gasteiger partial charge in [0.05, 0.1) is 0 Å². The summed E-state index contributed by atoms with van der Waals surface area (Å²) in [5.41, 5.74) is 0.814. The van der Waals surface area contributed by atoms with Crippen molar-refractivity contribution in [2.24, 2.45) is 0 Å². The smallest absolute Gasteiger partial charge is 0.327 e. The number of tetrazole rings is 1. The largest absolute Gasteiger partial charge is 0.480 e. The number of aliphatic carboxylic acids is 1. The van der Waals surface area contributed by atoms with Crippen molar-refractivity contribution in [1.29, 1.82) is 0 Å². The Kier molecular flexibility index (Phi) is 2.40. The number of carboxylic acid groups (broad SMARTS) is 1. The van der Waals surface area contributed by atoms with E-state index in [0.29, 0.717) is 5.82 Å². The van der Waals surface area contributed by atoms with Crippen molar-refractivity contribution in [1.82, 2.24) is 20.2 Å². The van der Waals surface area contributed by atoms with Crippen LogP contribution in [-0.4, -0.2) is 31.3 Å². The van der Waals surface area contributed by atoms with Crippen LogP contribution >= 0.6 is 0 Å². The van der Waals surface area contributed by atoms with Gasteiger partial charge >= 0.3 is 5.97 Å². The first-order valence-corrected chi connectivity index (χ1v) is 4.31. The Morgan fingerprint density at radius 3 is 2.73 bits per heavy atom. The summed E-state index contributed by atoms with van der Waals surface area (Å²) in [7, 11) is 0. The van der Waals surface area contributed by atoms with Gasteiger partial charge in [0.15, 0.2) is 6.54 Å². The van der Waals surface area contributed by atoms with Crippen molar-refractivity contribution in [2.45, 2.75) is 6.54 Å². The maximum atomic E-state index is 10.4. The summed E-state index contributed by atoms with van der Waals surface area (Å²) in [6.07, 6.45) is 0. The maximum Gasteiger partial charge on any atom is 0.327 e. The summed E-state index contributed by atoms with van der Waals surface area (Å²) in [6, 6.07) is 9.26. The maximum absolute atomic E-state index is 10.4. The van der Waals surface area contributed by atoms with Gasteiger partial charge in [0, 0.05) is 5.56 Å². The first-order valence-electron chi connectivity index (χ1n) is 4.31. The molecule has 1 heterocycles. The van der Waals surface area contributed by atoms with Crippen LogP contribution in [-0.2, 0) is 11.3 Å². The molecule has 0 amide bonds. The molecule has 76 valence electrons. The van der Waals surface area contributed by atoms with E-state index in [1.165, 1.54) is 0 Å². The summed E-state index contributed by atoms with van der Waals surface area (Å²) in [6.45, 7) is -0.278. The van der Waals surface area contributed by atoms with Crippen LogP contribution in [0.25, 0.3) is 11.4 Å². The zero-order chi connectivity index (χ0) is 10.7. The number of carbonyl (C=O) groups is 1. The molecule has 0 spiro atoms. The van der Waals surface area contributed by atoms with Crippen LogP contribution in [0.1, 0.15) is 0 Å². The van der Waals surface area contributed by atoms with Gasteiger partial charge < -0.3 is 5.11 Å². The Hall–Kier alpha value is -2.24. The highest BCUT2D eigenvalue weighted by molar-refractivity contribution is 5.66. The van der Waals surface area contributed by atoms with Gasteiger partial charge in [-0.05, 0) is 5.21 Å². The molecule has 0 unspecified atom stereocenters. The van der Waals surface area contributed by atoms with Gasteiger partial charge in [-0.1, -0.05) is 30.3 Å². The number of aromatic nitrogens is 4. The van der Waals surface area contributed by atoms with Crippen LogP contribution in [0.3, 0.4) is 0 Å². The van der Waals surface area contributed by atoms with Gasteiger partial charge in [0.1, 0.15) is 0 Å². The molecule has 1 N–H and O–H groups in total. The van der Waals surface area contributed by atoms with Crippen molar-refractivity contribution in [3.05, 3.63) is 30.3 Å². The quantitative estimate of drug-likeness (QED) is 0.783. The summed E-state index contributed by atoms with van der Waals surface area (Å²) in [5.74, 6) is -0.566. The molecule has 6 nitrogen and oxygen atoms in total. The fraction of sp³-hybridized carbons (Fsp3) is 0.111. The van der Waals surface area contributed by atoms with Gasteiger partial charge in [-0.2, -0.15) is 4.80 Å². The van der Waals surface area contributed by atoms with Crippen LogP contribution in [0, 0.1) is 0 Å². The number of nitrogens with zero attached hydrogens (tertiary/aromatic N) is 4. The molecule has 0 bridgehead atoms. The molecule has 6 heteroatoms. The Bertz CT molecular complexity index is 466. The van der Waals surface area contributed by atoms with Crippen LogP contribution in [0.15, 0.2) is 30.3 Å². The van der Waals surface area contributed by atoms with E-state index in [4.69, 9.17) is 5.11 Å². The van der Waals surface area contributed by atoms with E-state index in [0.717, 1.165) is 10.4 Å². The van der Waals surface area contributed by atoms with Gasteiger partial charge in [-0.25, -0.2) is 0 Å². The molecule has 0 fully saturated rings. The van der Waals surface area contributed by atoms with Crippen LogP contribution in [0.5, 0.6) is 0 Å². The highest BCUT2D eigenvalue weighted by atomic mass is 16.4. The van der Waals surface area contributed by atoms with Crippen molar-refractivity contribution < 1.29 is 9.90 Å². The van der Waals surface area contributed by atoms with Crippen LogP contribution < -0.4 is 0 Å². The van der Waals surface area contributed by atoms with E-state index < -0.39 is 5.97 Å². The number of hydrogen-bond acceptors (Lipinski definition) is 4. The number of hydrogen-bond donors (Lipinski definition) is 1. The lowest BCUT2D eigenvalue weighted by Gasteiger charge is -1.92. The third-order valence-corrected chi connectivity index (χ3v) is 1.76. The number of rotatable bonds is 3. The minimum atomic E-state index is -0.994. The van der Waals surface area contributed by atoms with E-state index in [2.05, 4.69) is 15.4 Å². The van der Waals surface area contributed by atoms with E-state index in [1.807, 2.05) is 30.3 Å². The lowest BCUT2D eigenvalue weighted by Crippen LogP contribution is -2.11. The van der Waals surface area contributed by atoms with E-state index >= 15 is 0 Å². The molecule has 0 saturated carbocycles. The highest BCUT2D eigenvalue weighted by Gasteiger charge is 2.06. The fourth-order valence-electron chi connectivity index (χ4n) is 1.13. The monoisotopic (exact) mass is 204 g/mol. The number of benzene rings is 1. The minimum Gasteiger partial charge on any atom is -0.480 e. The van der Waals surface area contributed by atoms with Gasteiger partial charge in [-0.15, -0.1) is 10.2 Å². The third-order valence-electron chi connectivity index (χ3n) is 1.76. The van der Waals surface area contributed by atoms with E-state index in [9.17, 15) is 4.79 Å². The van der Waals surface area contributed by atoms with Gasteiger partial charge in [-0.3, -0.25) is 4.79 Å². The van der Waals surface area contributed by atoms with Crippen molar-refractivity contribution in [3.8, 4) is 11.4 Å². The SMILES string of the molecule is O=C(O)Cn1nnc(-c2ccccc2)n1. The summed E-state index contributed by atoms with van der Waals surface area (Å²) in [5, 5.41) is 19.8. The first-order chi connectivity index (χ1) is 7.25. The first kappa shape index (κ1) is 9.32. The Morgan fingerprint density at radius 1 is 1.33 bits per heavy atom. The van der Waals surface area contributed by atoms with Crippen molar-refractivity contribution >= 4 is 5.97 Å². The Balaban J connectivity index is 2.24. The Labute approximate surface area is 85.2 Å². The molecule has 1 aromatic carbocycles. The lowest BCUT2D eigenvalue weighted by atomic mass is 10.2. The summed E-state index contributed by atoms with van der Waals surface area (Å²) < 4.78 is 0. The van der Waals surface area contributed by atoms with Gasteiger partial charge in [0.2, 0.25) is 5.82 Å². The van der Waals surface area contributed by atoms with Gasteiger partial charge in [0.25, 0.3) is 0 Å². The average molecular weight is 204 g/mol. The molecule has 0 radical (unpaired) electrons. The molecular formula is C9H8N4O2. The zero-order valence-corrected chi connectivity index (χ0v) is 7.74. The van der Waals surface area contributed by atoms with Crippen molar-refractivity contribution in [3.63, 3.8) is 0 Å². The van der Waals surface area contributed by atoms with Crippen LogP contribution in [0.2, 0.25) is 0 Å². The second kappa shape index (κ2) is 3.87. The molecule has 0 aliphatic rings. The molecule has 1 aromatic heterocycles. The normalized spacial score (nSPS) is 10.1. The number of carboxylic acids is 1. The summed E-state index contributed by atoms with van der Waals surface area (Å²) in [4.78, 5) is 11.4. The zero-order valence-electron chi connectivity index (χ0n) is 7.74. The summed E-state index contributed by atoms with van der Waals surface area (Å²) >= 11 is 0. The molecule has 0 aliphatic carbocycles. The lowest BCUT2D eigenvalue weighted by molar-refractivity contribution is -0.138. The topological polar surface area (TPSA) is 80.9 Å². The second-order valence-electron chi connectivity index (χ2n) is 2.90. The average Bonchev–Trinajstić information content (AvgIpc) is 2.67. The molecule has 2 rings (SSSR count). The molecule has 0 saturated heterocycles. The second-order valence-corrected chi connectivity index (χ2v) is 2.90. The molecule has 2 aromatic rings. The third kappa shape index (κ3) is 2.16. The fourth-order valence-corrected chi connectivity index (χ4v) is 1.13. The molecule has 15 heavy (non-hydrogen) atoms. The molecular weight excluding hydrogens is 196 g/mol. The predicted molar refractivity (Wildman–Crippen MR) is 50.9 cm³/mol. The minimum absolute atomic E-state index is 0.278. The van der Waals surface area contributed by atoms with Crippen molar-refractivity contribution in [2.75, 3.05) is 0 Å². The molecule has 0 atom stereocenters. The molecule has 0 aliphatic heterocycles. The predicted octanol–water partition coefficient (Wildman–Crippen LogP) is 0.425. The van der Waals surface area contributed by atoms with E-state index in [1.54, 1.807) is 0 Å². The van der Waals surface area contributed by atoms with E-state index in [-0.39, 0.29) is 6.54 Å².